The predicted octanol–water partition coefficient (Wildman–Crippen LogP) is 5.76. The molecule has 3 aromatic rings. The molecule has 1 aliphatic rings. The molecule has 1 unspecified atom stereocenters. The van der Waals surface area contributed by atoms with Crippen molar-refractivity contribution in [2.24, 2.45) is 0 Å². The van der Waals surface area contributed by atoms with Gasteiger partial charge in [0.05, 0.1) is 26.0 Å². The summed E-state index contributed by atoms with van der Waals surface area (Å²) < 4.78 is 73.2. The van der Waals surface area contributed by atoms with Gasteiger partial charge in [0, 0.05) is 13.1 Å². The first-order chi connectivity index (χ1) is 19.5. The molecule has 2 aromatic carbocycles. The van der Waals surface area contributed by atoms with Gasteiger partial charge in [-0.25, -0.2) is 4.79 Å². The summed E-state index contributed by atoms with van der Waals surface area (Å²) in [6.45, 7) is 7.27. The fourth-order valence-corrected chi connectivity index (χ4v) is 6.13. The van der Waals surface area contributed by atoms with E-state index in [4.69, 9.17) is 9.47 Å². The average molecular weight is 595 g/mol. The molecule has 0 saturated heterocycles. The number of para-hydroxylation sites is 1. The van der Waals surface area contributed by atoms with Crippen molar-refractivity contribution in [1.82, 2.24) is 19.3 Å². The number of rotatable bonds is 11. The maximum Gasteiger partial charge on any atom is 0.380 e. The second-order valence-corrected chi connectivity index (χ2v) is 11.7. The number of carbonyl (C=O) groups is 1. The molecule has 41 heavy (non-hydrogen) atoms. The van der Waals surface area contributed by atoms with E-state index in [9.17, 15) is 13.9 Å². The molecule has 2 heterocycles. The third-order valence-corrected chi connectivity index (χ3v) is 8.79. The Bertz CT molecular complexity index is 1350. The van der Waals surface area contributed by atoms with Crippen LogP contribution in [0.15, 0.2) is 53.6 Å². The molecular formula is C28H36F2N4O6S. The van der Waals surface area contributed by atoms with Gasteiger partial charge in [0.15, 0.2) is 6.10 Å². The van der Waals surface area contributed by atoms with Crippen LogP contribution in [0.4, 0.5) is 8.78 Å². The van der Waals surface area contributed by atoms with Gasteiger partial charge in [-0.2, -0.15) is 13.1 Å². The molecule has 0 aliphatic carbocycles. The molecule has 0 bridgehead atoms. The van der Waals surface area contributed by atoms with Gasteiger partial charge in [-0.05, 0) is 56.0 Å². The number of fused-ring (bicyclic) bond motifs is 1. The Labute approximate surface area is 239 Å². The highest BCUT2D eigenvalue weighted by Gasteiger charge is 2.51. The Morgan fingerprint density at radius 3 is 2.66 bits per heavy atom. The van der Waals surface area contributed by atoms with Crippen LogP contribution in [0.3, 0.4) is 0 Å². The standard InChI is InChI=1S/C28H36F2N4O6S/c1-5-23-17-34(41(36,37)25-11-9-8-10-24(25)40-23)15-21-14-20(13-12-19(21)4)26(28(29,30)27(35)38-7-3)39-18-22-16-33(6-2)32-31-22/h8-14,16,23,26,36-37H,5-7,15,17-18H2,1-4H3/t23-,26?/m1/s1. The van der Waals surface area contributed by atoms with E-state index in [1.165, 1.54) is 28.0 Å². The first kappa shape index (κ1) is 30.8. The van der Waals surface area contributed by atoms with Gasteiger partial charge < -0.3 is 14.2 Å². The molecule has 0 amide bonds. The fraction of sp³-hybridized carbons (Fsp3) is 0.464. The molecule has 0 radical (unpaired) electrons. The molecule has 13 heteroatoms. The minimum absolute atomic E-state index is 0.0265. The molecule has 1 aromatic heterocycles. The van der Waals surface area contributed by atoms with Crippen molar-refractivity contribution >= 4 is 16.7 Å². The molecule has 2 N–H and O–H groups in total. The number of ether oxygens (including phenoxy) is 3. The molecule has 1 aliphatic heterocycles. The number of hydrogen-bond donors (Lipinski definition) is 2. The maximum absolute atomic E-state index is 15.5. The maximum atomic E-state index is 15.5. The summed E-state index contributed by atoms with van der Waals surface area (Å²) in [6.07, 6.45) is -0.128. The zero-order chi connectivity index (χ0) is 29.8. The van der Waals surface area contributed by atoms with Gasteiger partial charge in [0.2, 0.25) is 0 Å². The van der Waals surface area contributed by atoms with E-state index in [2.05, 4.69) is 15.0 Å². The lowest BCUT2D eigenvalue weighted by Gasteiger charge is -2.42. The van der Waals surface area contributed by atoms with Gasteiger partial charge in [0.1, 0.15) is 22.4 Å². The van der Waals surface area contributed by atoms with Crippen molar-refractivity contribution in [3.8, 4) is 5.75 Å². The number of esters is 1. The Morgan fingerprint density at radius 1 is 1.22 bits per heavy atom. The zero-order valence-corrected chi connectivity index (χ0v) is 24.3. The highest BCUT2D eigenvalue weighted by atomic mass is 32.3. The lowest BCUT2D eigenvalue weighted by atomic mass is 9.97. The van der Waals surface area contributed by atoms with Crippen LogP contribution >= 0.6 is 10.8 Å². The Morgan fingerprint density at radius 2 is 1.98 bits per heavy atom. The molecule has 0 fully saturated rings. The Hall–Kier alpha value is -3.10. The second-order valence-electron chi connectivity index (χ2n) is 9.72. The summed E-state index contributed by atoms with van der Waals surface area (Å²) in [7, 11) is -3.47. The summed E-state index contributed by atoms with van der Waals surface area (Å²) in [5, 5.41) is 7.84. The van der Waals surface area contributed by atoms with Crippen molar-refractivity contribution in [3.05, 3.63) is 71.0 Å². The summed E-state index contributed by atoms with van der Waals surface area (Å²) >= 11 is 0. The van der Waals surface area contributed by atoms with Crippen LogP contribution in [0, 0.1) is 6.92 Å². The predicted molar refractivity (Wildman–Crippen MR) is 149 cm³/mol. The van der Waals surface area contributed by atoms with Crippen LogP contribution in [-0.4, -0.2) is 59.6 Å². The largest absolute Gasteiger partial charge is 0.487 e. The molecule has 2 atom stereocenters. The number of carbonyl (C=O) groups excluding carboxylic acids is 1. The highest BCUT2D eigenvalue weighted by molar-refractivity contribution is 8.22. The number of aryl methyl sites for hydroxylation is 2. The highest BCUT2D eigenvalue weighted by Crippen LogP contribution is 2.57. The van der Waals surface area contributed by atoms with E-state index in [-0.39, 0.29) is 42.9 Å². The van der Waals surface area contributed by atoms with Crippen molar-refractivity contribution in [1.29, 1.82) is 0 Å². The van der Waals surface area contributed by atoms with E-state index < -0.39 is 28.8 Å². The number of alkyl halides is 2. The van der Waals surface area contributed by atoms with Crippen molar-refractivity contribution < 1.29 is 36.9 Å². The number of aromatic nitrogens is 3. The fourth-order valence-electron chi connectivity index (χ4n) is 4.52. The SMILES string of the molecule is CCOC(=O)C(F)(F)C(OCc1cn(CC)nn1)c1ccc(C)c(CN2C[C@@H](CC)Oc3ccccc3S2(O)O)c1. The summed E-state index contributed by atoms with van der Waals surface area (Å²) in [5.74, 6) is -5.32. The van der Waals surface area contributed by atoms with Crippen LogP contribution in [0.25, 0.3) is 0 Å². The van der Waals surface area contributed by atoms with Gasteiger partial charge in [-0.3, -0.25) is 13.8 Å². The third-order valence-electron chi connectivity index (χ3n) is 6.87. The minimum Gasteiger partial charge on any atom is -0.487 e. The first-order valence-corrected chi connectivity index (χ1v) is 15.0. The van der Waals surface area contributed by atoms with Crippen LogP contribution < -0.4 is 4.74 Å². The topological polar surface area (TPSA) is 119 Å². The van der Waals surface area contributed by atoms with E-state index >= 15 is 8.78 Å². The van der Waals surface area contributed by atoms with Crippen LogP contribution in [-0.2, 0) is 34.0 Å². The molecule has 224 valence electrons. The number of hydrogen-bond acceptors (Lipinski definition) is 9. The van der Waals surface area contributed by atoms with E-state index in [1.807, 2.05) is 13.8 Å². The number of halogens is 2. The Kier molecular flexibility index (Phi) is 9.65. The van der Waals surface area contributed by atoms with E-state index in [1.54, 1.807) is 43.5 Å². The van der Waals surface area contributed by atoms with Crippen molar-refractivity contribution in [2.45, 2.75) is 76.8 Å². The minimum atomic E-state index is -4.02. The third kappa shape index (κ3) is 6.70. The van der Waals surface area contributed by atoms with Crippen LogP contribution in [0.2, 0.25) is 0 Å². The monoisotopic (exact) mass is 594 g/mol. The number of nitrogens with zero attached hydrogens (tertiary/aromatic N) is 4. The summed E-state index contributed by atoms with van der Waals surface area (Å²) in [4.78, 5) is 12.6. The lowest BCUT2D eigenvalue weighted by molar-refractivity contribution is -0.198. The molecule has 4 rings (SSSR count). The Balaban J connectivity index is 1.69. The smallest absolute Gasteiger partial charge is 0.380 e. The molecule has 10 nitrogen and oxygen atoms in total. The lowest BCUT2D eigenvalue weighted by Crippen LogP contribution is -2.39. The van der Waals surface area contributed by atoms with Crippen LogP contribution in [0.5, 0.6) is 5.75 Å². The van der Waals surface area contributed by atoms with E-state index in [0.717, 1.165) is 5.56 Å². The normalized spacial score (nSPS) is 18.6. The zero-order valence-electron chi connectivity index (χ0n) is 23.5. The van der Waals surface area contributed by atoms with Gasteiger partial charge in [-0.15, -0.1) is 15.9 Å². The van der Waals surface area contributed by atoms with Crippen molar-refractivity contribution in [3.63, 3.8) is 0 Å². The van der Waals surface area contributed by atoms with Crippen LogP contribution in [0.1, 0.15) is 55.7 Å². The molecular weight excluding hydrogens is 558 g/mol. The summed E-state index contributed by atoms with van der Waals surface area (Å²) in [6, 6.07) is 11.4. The molecule has 0 saturated carbocycles. The molecule has 0 spiro atoms. The number of benzene rings is 2. The first-order valence-electron chi connectivity index (χ1n) is 13.4. The quantitative estimate of drug-likeness (QED) is 0.267. The van der Waals surface area contributed by atoms with Gasteiger partial charge >= 0.3 is 11.9 Å². The second kappa shape index (κ2) is 12.8. The van der Waals surface area contributed by atoms with E-state index in [0.29, 0.717) is 30.0 Å². The van der Waals surface area contributed by atoms with Crippen molar-refractivity contribution in [2.75, 3.05) is 13.2 Å². The summed E-state index contributed by atoms with van der Waals surface area (Å²) in [5.41, 5.74) is 1.65. The van der Waals surface area contributed by atoms with Gasteiger partial charge in [0.25, 0.3) is 0 Å². The average Bonchev–Trinajstić information content (AvgIpc) is 3.38. The van der Waals surface area contributed by atoms with Gasteiger partial charge in [-0.1, -0.05) is 42.5 Å².